The van der Waals surface area contributed by atoms with Gasteiger partial charge in [-0.25, -0.2) is 4.79 Å². The first-order valence-electron chi connectivity index (χ1n) is 6.74. The minimum atomic E-state index is -0.483. The summed E-state index contributed by atoms with van der Waals surface area (Å²) in [6.07, 6.45) is 0. The Morgan fingerprint density at radius 3 is 2.76 bits per heavy atom. The Morgan fingerprint density at radius 1 is 1.38 bits per heavy atom. The molecule has 0 saturated carbocycles. The molecule has 1 unspecified atom stereocenters. The molecule has 0 aliphatic rings. The number of carbonyl (C=O) groups is 1. The van der Waals surface area contributed by atoms with Crippen LogP contribution < -0.4 is 5.32 Å². The number of halogens is 1. The monoisotopic (exact) mass is 307 g/mol. The molecule has 21 heavy (non-hydrogen) atoms. The second-order valence-electron chi connectivity index (χ2n) is 4.69. The first-order valence-corrected chi connectivity index (χ1v) is 7.12. The van der Waals surface area contributed by atoms with Gasteiger partial charge in [-0.1, -0.05) is 30.7 Å². The third-order valence-corrected chi connectivity index (χ3v) is 3.65. The maximum absolute atomic E-state index is 11.5. The Bertz CT molecular complexity index is 636. The van der Waals surface area contributed by atoms with E-state index in [2.05, 4.69) is 10.1 Å². The van der Waals surface area contributed by atoms with Gasteiger partial charge in [0.25, 0.3) is 0 Å². The number of methoxy groups -OCH3 is 1. The second kappa shape index (κ2) is 6.78. The fourth-order valence-electron chi connectivity index (χ4n) is 2.15. The fraction of sp³-hybridized carbons (Fsp3) is 0.312. The molecule has 1 N–H and O–H groups in total. The van der Waals surface area contributed by atoms with Crippen molar-refractivity contribution in [3.05, 3.63) is 58.0 Å². The van der Waals surface area contributed by atoms with Crippen molar-refractivity contribution in [2.45, 2.75) is 19.9 Å². The molecular formula is C16H18ClNO3. The molecule has 0 radical (unpaired) electrons. The highest BCUT2D eigenvalue weighted by atomic mass is 35.5. The summed E-state index contributed by atoms with van der Waals surface area (Å²) >= 11 is 6.07. The molecule has 0 aliphatic carbocycles. The number of carbonyl (C=O) groups excluding carboxylic acids is 1. The van der Waals surface area contributed by atoms with Crippen LogP contribution in [-0.4, -0.2) is 19.6 Å². The lowest BCUT2D eigenvalue weighted by Crippen LogP contribution is -2.21. The molecule has 2 rings (SSSR count). The molecule has 5 heteroatoms. The van der Waals surface area contributed by atoms with E-state index in [1.807, 2.05) is 32.0 Å². The van der Waals surface area contributed by atoms with Crippen LogP contribution in [0.25, 0.3) is 0 Å². The zero-order valence-corrected chi connectivity index (χ0v) is 13.0. The van der Waals surface area contributed by atoms with E-state index in [1.54, 1.807) is 12.1 Å². The van der Waals surface area contributed by atoms with Crippen LogP contribution >= 0.6 is 11.6 Å². The van der Waals surface area contributed by atoms with Crippen LogP contribution in [0.1, 0.15) is 40.4 Å². The minimum Gasteiger partial charge on any atom is -0.463 e. The molecule has 1 heterocycles. The van der Waals surface area contributed by atoms with Crippen molar-refractivity contribution in [2.24, 2.45) is 0 Å². The van der Waals surface area contributed by atoms with Gasteiger partial charge >= 0.3 is 5.97 Å². The van der Waals surface area contributed by atoms with E-state index in [0.717, 1.165) is 22.7 Å². The Morgan fingerprint density at radius 2 is 2.14 bits per heavy atom. The van der Waals surface area contributed by atoms with Crippen molar-refractivity contribution >= 4 is 17.6 Å². The van der Waals surface area contributed by atoms with E-state index in [-0.39, 0.29) is 11.8 Å². The molecule has 0 saturated heterocycles. The third-order valence-electron chi connectivity index (χ3n) is 3.22. The van der Waals surface area contributed by atoms with Gasteiger partial charge in [0.05, 0.1) is 13.2 Å². The Balaban J connectivity index is 2.36. The zero-order chi connectivity index (χ0) is 15.4. The van der Waals surface area contributed by atoms with E-state index < -0.39 is 5.97 Å². The largest absolute Gasteiger partial charge is 0.463 e. The lowest BCUT2D eigenvalue weighted by atomic mass is 10.0. The number of hydrogen-bond donors (Lipinski definition) is 1. The van der Waals surface area contributed by atoms with Gasteiger partial charge in [-0.05, 0) is 42.8 Å². The summed E-state index contributed by atoms with van der Waals surface area (Å²) in [5, 5.41) is 4.07. The molecule has 0 bridgehead atoms. The summed E-state index contributed by atoms with van der Waals surface area (Å²) in [6, 6.07) is 9.08. The molecule has 112 valence electrons. The van der Waals surface area contributed by atoms with Crippen molar-refractivity contribution in [3.63, 3.8) is 0 Å². The van der Waals surface area contributed by atoms with Gasteiger partial charge in [-0.15, -0.1) is 0 Å². The summed E-state index contributed by atoms with van der Waals surface area (Å²) in [4.78, 5) is 11.5. The first kappa shape index (κ1) is 15.6. The highest BCUT2D eigenvalue weighted by molar-refractivity contribution is 6.31. The van der Waals surface area contributed by atoms with Crippen LogP contribution in [-0.2, 0) is 4.74 Å². The van der Waals surface area contributed by atoms with Crippen molar-refractivity contribution in [1.29, 1.82) is 0 Å². The average Bonchev–Trinajstić information content (AvgIpc) is 2.96. The van der Waals surface area contributed by atoms with Gasteiger partial charge in [0.15, 0.2) is 0 Å². The van der Waals surface area contributed by atoms with Crippen LogP contribution in [0.4, 0.5) is 0 Å². The molecule has 4 nitrogen and oxygen atoms in total. The highest BCUT2D eigenvalue weighted by Crippen LogP contribution is 2.27. The molecule has 2 aromatic rings. The first-order chi connectivity index (χ1) is 10.1. The molecule has 0 aliphatic heterocycles. The van der Waals surface area contributed by atoms with E-state index in [4.69, 9.17) is 16.0 Å². The van der Waals surface area contributed by atoms with Crippen molar-refractivity contribution in [2.75, 3.05) is 13.7 Å². The standard InChI is InChI=1S/C16H18ClNO3/c1-4-18-15(11-5-6-12(17)10(2)9-11)13-7-8-14(21-13)16(19)20-3/h5-9,15,18H,4H2,1-3H3. The number of hydrogen-bond acceptors (Lipinski definition) is 4. The lowest BCUT2D eigenvalue weighted by Gasteiger charge is -2.17. The molecule has 0 fully saturated rings. The predicted molar refractivity (Wildman–Crippen MR) is 81.8 cm³/mol. The molecule has 1 aromatic carbocycles. The van der Waals surface area contributed by atoms with Crippen molar-refractivity contribution in [3.8, 4) is 0 Å². The van der Waals surface area contributed by atoms with Crippen LogP contribution in [0.15, 0.2) is 34.7 Å². The topological polar surface area (TPSA) is 51.5 Å². The molecular weight excluding hydrogens is 290 g/mol. The number of rotatable bonds is 5. The minimum absolute atomic E-state index is 0.135. The van der Waals surface area contributed by atoms with E-state index in [9.17, 15) is 4.79 Å². The number of aryl methyl sites for hydroxylation is 1. The zero-order valence-electron chi connectivity index (χ0n) is 12.3. The van der Waals surface area contributed by atoms with E-state index in [1.165, 1.54) is 7.11 Å². The molecule has 0 amide bonds. The molecule has 1 atom stereocenters. The fourth-order valence-corrected chi connectivity index (χ4v) is 2.27. The number of furan rings is 1. The van der Waals surface area contributed by atoms with Gasteiger partial charge in [-0.3, -0.25) is 0 Å². The van der Waals surface area contributed by atoms with Crippen molar-refractivity contribution in [1.82, 2.24) is 5.32 Å². The Kier molecular flexibility index (Phi) is 5.04. The second-order valence-corrected chi connectivity index (χ2v) is 5.10. The van der Waals surface area contributed by atoms with Crippen LogP contribution in [0.5, 0.6) is 0 Å². The van der Waals surface area contributed by atoms with E-state index >= 15 is 0 Å². The van der Waals surface area contributed by atoms with E-state index in [0.29, 0.717) is 5.76 Å². The maximum atomic E-state index is 11.5. The smallest absolute Gasteiger partial charge is 0.373 e. The van der Waals surface area contributed by atoms with Gasteiger partial charge < -0.3 is 14.5 Å². The molecule has 1 aromatic heterocycles. The van der Waals surface area contributed by atoms with Crippen molar-refractivity contribution < 1.29 is 13.9 Å². The number of ether oxygens (including phenoxy) is 1. The lowest BCUT2D eigenvalue weighted by molar-refractivity contribution is 0.0562. The maximum Gasteiger partial charge on any atom is 0.373 e. The van der Waals surface area contributed by atoms with Crippen LogP contribution in [0.3, 0.4) is 0 Å². The number of nitrogens with one attached hydrogen (secondary N) is 1. The number of benzene rings is 1. The van der Waals surface area contributed by atoms with Gasteiger partial charge in [0, 0.05) is 5.02 Å². The SMILES string of the molecule is CCNC(c1ccc(Cl)c(C)c1)c1ccc(C(=O)OC)o1. The summed E-state index contributed by atoms with van der Waals surface area (Å²) in [5.41, 5.74) is 2.03. The number of esters is 1. The summed E-state index contributed by atoms with van der Waals surface area (Å²) in [7, 11) is 1.33. The molecule has 0 spiro atoms. The third kappa shape index (κ3) is 3.46. The predicted octanol–water partition coefficient (Wildman–Crippen LogP) is 3.73. The highest BCUT2D eigenvalue weighted by Gasteiger charge is 2.20. The van der Waals surface area contributed by atoms with Gasteiger partial charge in [0.1, 0.15) is 5.76 Å². The van der Waals surface area contributed by atoms with Crippen LogP contribution in [0, 0.1) is 6.92 Å². The average molecular weight is 308 g/mol. The Labute approximate surface area is 129 Å². The van der Waals surface area contributed by atoms with Gasteiger partial charge in [-0.2, -0.15) is 0 Å². The van der Waals surface area contributed by atoms with Crippen LogP contribution in [0.2, 0.25) is 5.02 Å². The summed E-state index contributed by atoms with van der Waals surface area (Å²) in [6.45, 7) is 4.73. The Hall–Kier alpha value is -1.78. The normalized spacial score (nSPS) is 12.2. The van der Waals surface area contributed by atoms with Gasteiger partial charge in [0.2, 0.25) is 5.76 Å². The summed E-state index contributed by atoms with van der Waals surface area (Å²) in [5.74, 6) is 0.379. The quantitative estimate of drug-likeness (QED) is 0.855. The summed E-state index contributed by atoms with van der Waals surface area (Å²) < 4.78 is 10.3.